The zero-order valence-electron chi connectivity index (χ0n) is 6.72. The summed E-state index contributed by atoms with van der Waals surface area (Å²) in [6.45, 7) is 0. The van der Waals surface area contributed by atoms with E-state index in [9.17, 15) is 4.79 Å². The fraction of sp³-hybridized carbons (Fsp3) is 0. The molecule has 2 rings (SSSR count). The van der Waals surface area contributed by atoms with Crippen LogP contribution in [0.4, 0.5) is 0 Å². The van der Waals surface area contributed by atoms with Crippen molar-refractivity contribution in [1.82, 2.24) is 14.5 Å². The van der Waals surface area contributed by atoms with Crippen molar-refractivity contribution in [2.24, 2.45) is 0 Å². The van der Waals surface area contributed by atoms with Crippen LogP contribution in [0.25, 0.3) is 5.13 Å². The van der Waals surface area contributed by atoms with E-state index in [0.717, 1.165) is 0 Å². The van der Waals surface area contributed by atoms with Gasteiger partial charge in [0.05, 0.1) is 0 Å². The summed E-state index contributed by atoms with van der Waals surface area (Å²) in [6.07, 6.45) is 2.99. The molecule has 0 aromatic carbocycles. The summed E-state index contributed by atoms with van der Waals surface area (Å²) in [6, 6.07) is 0. The molecule has 0 amide bonds. The van der Waals surface area contributed by atoms with Crippen molar-refractivity contribution in [1.29, 1.82) is 0 Å². The third-order valence-electron chi connectivity index (χ3n) is 1.50. The second-order valence-corrected chi connectivity index (χ2v) is 4.03. The fourth-order valence-electron chi connectivity index (χ4n) is 0.972. The lowest BCUT2D eigenvalue weighted by Crippen LogP contribution is -2.07. The number of thiazole rings is 1. The molecule has 72 valence electrons. The predicted molar refractivity (Wildman–Crippen MR) is 53.9 cm³/mol. The molecule has 0 fully saturated rings. The molecule has 0 aliphatic carbocycles. The second-order valence-electron chi connectivity index (χ2n) is 2.38. The van der Waals surface area contributed by atoms with E-state index in [0.29, 0.717) is 9.73 Å². The highest BCUT2D eigenvalue weighted by Gasteiger charge is 2.13. The van der Waals surface area contributed by atoms with Crippen molar-refractivity contribution < 1.29 is 9.90 Å². The normalized spacial score (nSPS) is 10.4. The van der Waals surface area contributed by atoms with Gasteiger partial charge in [0, 0.05) is 17.8 Å². The average Bonchev–Trinajstić information content (AvgIpc) is 2.70. The van der Waals surface area contributed by atoms with Crippen LogP contribution in [0.15, 0.2) is 22.4 Å². The van der Waals surface area contributed by atoms with E-state index in [-0.39, 0.29) is 5.82 Å². The molecule has 0 saturated heterocycles. The Morgan fingerprint density at radius 3 is 3.00 bits per heavy atom. The Morgan fingerprint density at radius 2 is 2.43 bits per heavy atom. The number of hydrogen-bond donors (Lipinski definition) is 1. The molecule has 2 aromatic heterocycles. The number of hydrogen-bond acceptors (Lipinski definition) is 4. The van der Waals surface area contributed by atoms with Gasteiger partial charge in [0.25, 0.3) is 0 Å². The predicted octanol–water partition coefficient (Wildman–Crippen LogP) is 1.79. The molecule has 2 aromatic rings. The maximum atomic E-state index is 10.7. The number of aromatic nitrogens is 3. The molecule has 0 atom stereocenters. The molecule has 1 N–H and O–H groups in total. The van der Waals surface area contributed by atoms with Crippen LogP contribution in [-0.4, -0.2) is 25.6 Å². The molecule has 0 radical (unpaired) electrons. The summed E-state index contributed by atoms with van der Waals surface area (Å²) in [5, 5.41) is 11.2. The first-order valence-electron chi connectivity index (χ1n) is 3.56. The number of rotatable bonds is 2. The highest BCUT2D eigenvalue weighted by molar-refractivity contribution is 9.10. The summed E-state index contributed by atoms with van der Waals surface area (Å²) in [4.78, 5) is 18.6. The van der Waals surface area contributed by atoms with Crippen molar-refractivity contribution in [3.63, 3.8) is 0 Å². The van der Waals surface area contributed by atoms with Gasteiger partial charge < -0.3 is 5.11 Å². The first kappa shape index (κ1) is 9.35. The maximum Gasteiger partial charge on any atom is 0.372 e. The van der Waals surface area contributed by atoms with Crippen molar-refractivity contribution in [2.45, 2.75) is 0 Å². The Labute approximate surface area is 91.2 Å². The SMILES string of the molecule is O=C(O)c1nccn1-c1nc(Br)cs1. The van der Waals surface area contributed by atoms with Crippen molar-refractivity contribution >= 4 is 33.2 Å². The Balaban J connectivity index is 2.51. The molecule has 0 bridgehead atoms. The Kier molecular flexibility index (Phi) is 2.34. The molecular weight excluding hydrogens is 270 g/mol. The number of aromatic carboxylic acids is 1. The van der Waals surface area contributed by atoms with Crippen LogP contribution in [0.2, 0.25) is 0 Å². The minimum absolute atomic E-state index is 0.0353. The first-order chi connectivity index (χ1) is 6.68. The second kappa shape index (κ2) is 3.50. The fourth-order valence-corrected chi connectivity index (χ4v) is 2.21. The van der Waals surface area contributed by atoms with E-state index in [1.165, 1.54) is 22.1 Å². The standard InChI is InChI=1S/C7H4BrN3O2S/c8-4-3-14-7(10-4)11-2-1-9-5(11)6(12)13/h1-3H,(H,12,13). The van der Waals surface area contributed by atoms with E-state index in [1.807, 2.05) is 0 Å². The van der Waals surface area contributed by atoms with E-state index in [2.05, 4.69) is 25.9 Å². The first-order valence-corrected chi connectivity index (χ1v) is 5.24. The van der Waals surface area contributed by atoms with Gasteiger partial charge in [0.15, 0.2) is 5.13 Å². The maximum absolute atomic E-state index is 10.7. The molecule has 0 unspecified atom stereocenters. The van der Waals surface area contributed by atoms with Gasteiger partial charge in [0.2, 0.25) is 5.82 Å². The third kappa shape index (κ3) is 1.55. The lowest BCUT2D eigenvalue weighted by molar-refractivity contribution is 0.0681. The molecule has 0 aliphatic heterocycles. The Hall–Kier alpha value is -1.21. The lowest BCUT2D eigenvalue weighted by Gasteiger charge is -1.97. The topological polar surface area (TPSA) is 68.0 Å². The van der Waals surface area contributed by atoms with Crippen LogP contribution in [-0.2, 0) is 0 Å². The largest absolute Gasteiger partial charge is 0.475 e. The molecule has 0 spiro atoms. The number of nitrogens with zero attached hydrogens (tertiary/aromatic N) is 3. The number of carbonyl (C=O) groups is 1. The highest BCUT2D eigenvalue weighted by Crippen LogP contribution is 2.19. The third-order valence-corrected chi connectivity index (χ3v) is 3.05. The highest BCUT2D eigenvalue weighted by atomic mass is 79.9. The van der Waals surface area contributed by atoms with E-state index in [4.69, 9.17) is 5.11 Å². The van der Waals surface area contributed by atoms with Gasteiger partial charge in [-0.1, -0.05) is 0 Å². The van der Waals surface area contributed by atoms with Crippen molar-refractivity contribution in [3.05, 3.63) is 28.2 Å². The summed E-state index contributed by atoms with van der Waals surface area (Å²) in [7, 11) is 0. The Morgan fingerprint density at radius 1 is 1.64 bits per heavy atom. The van der Waals surface area contributed by atoms with E-state index >= 15 is 0 Å². The van der Waals surface area contributed by atoms with Crippen LogP contribution < -0.4 is 0 Å². The van der Waals surface area contributed by atoms with Gasteiger partial charge in [-0.3, -0.25) is 4.57 Å². The zero-order chi connectivity index (χ0) is 10.1. The van der Waals surface area contributed by atoms with Crippen molar-refractivity contribution in [2.75, 3.05) is 0 Å². The van der Waals surface area contributed by atoms with Crippen LogP contribution >= 0.6 is 27.3 Å². The van der Waals surface area contributed by atoms with Gasteiger partial charge >= 0.3 is 5.97 Å². The number of carboxylic acids is 1. The molecule has 0 aliphatic rings. The minimum Gasteiger partial charge on any atom is -0.475 e. The molecular formula is C7H4BrN3O2S. The van der Waals surface area contributed by atoms with Gasteiger partial charge in [0.1, 0.15) is 4.60 Å². The van der Waals surface area contributed by atoms with Crippen LogP contribution in [0.3, 0.4) is 0 Å². The zero-order valence-corrected chi connectivity index (χ0v) is 9.12. The van der Waals surface area contributed by atoms with Crippen LogP contribution in [0.5, 0.6) is 0 Å². The molecule has 2 heterocycles. The quantitative estimate of drug-likeness (QED) is 0.906. The van der Waals surface area contributed by atoms with Crippen LogP contribution in [0.1, 0.15) is 10.6 Å². The number of carboxylic acid groups (broad SMARTS) is 1. The number of imidazole rings is 1. The molecule has 5 nitrogen and oxygen atoms in total. The van der Waals surface area contributed by atoms with Gasteiger partial charge in [-0.2, -0.15) is 0 Å². The van der Waals surface area contributed by atoms with Crippen LogP contribution in [0, 0.1) is 0 Å². The van der Waals surface area contributed by atoms with Gasteiger partial charge in [-0.15, -0.1) is 11.3 Å². The summed E-state index contributed by atoms with van der Waals surface area (Å²) in [5.74, 6) is -1.10. The average molecular weight is 274 g/mol. The van der Waals surface area contributed by atoms with Gasteiger partial charge in [-0.05, 0) is 15.9 Å². The summed E-state index contributed by atoms with van der Waals surface area (Å²) < 4.78 is 2.11. The van der Waals surface area contributed by atoms with E-state index in [1.54, 1.807) is 11.6 Å². The summed E-state index contributed by atoms with van der Waals surface area (Å²) in [5.41, 5.74) is 0. The number of halogens is 1. The smallest absolute Gasteiger partial charge is 0.372 e. The molecule has 14 heavy (non-hydrogen) atoms. The monoisotopic (exact) mass is 273 g/mol. The lowest BCUT2D eigenvalue weighted by atomic mass is 10.6. The van der Waals surface area contributed by atoms with Gasteiger partial charge in [-0.25, -0.2) is 14.8 Å². The summed E-state index contributed by atoms with van der Waals surface area (Å²) >= 11 is 4.54. The molecule has 0 saturated carbocycles. The Bertz CT molecular complexity index is 479. The van der Waals surface area contributed by atoms with Crippen molar-refractivity contribution in [3.8, 4) is 5.13 Å². The molecule has 7 heteroatoms. The minimum atomic E-state index is -1.07. The van der Waals surface area contributed by atoms with E-state index < -0.39 is 5.97 Å².